The van der Waals surface area contributed by atoms with Crippen LogP contribution in [0.2, 0.25) is 0 Å². The van der Waals surface area contributed by atoms with Gasteiger partial charge in [0.05, 0.1) is 21.5 Å². The normalized spacial score (nSPS) is 10.2. The Morgan fingerprint density at radius 2 is 1.73 bits per heavy atom. The quantitative estimate of drug-likeness (QED) is 0.294. The van der Waals surface area contributed by atoms with Crippen molar-refractivity contribution in [2.24, 2.45) is 0 Å². The average Bonchev–Trinajstić information content (AvgIpc) is 2.60. The lowest BCUT2D eigenvalue weighted by atomic mass is 10.1. The van der Waals surface area contributed by atoms with Gasteiger partial charge in [-0.15, -0.1) is 0 Å². The fourth-order valence-electron chi connectivity index (χ4n) is 2.12. The highest BCUT2D eigenvalue weighted by Crippen LogP contribution is 2.26. The molecule has 1 amide bonds. The number of non-ortho nitro benzene ring substituents is 1. The molecule has 0 fully saturated rings. The van der Waals surface area contributed by atoms with Gasteiger partial charge >= 0.3 is 0 Å². The zero-order valence-electron chi connectivity index (χ0n) is 13.3. The van der Waals surface area contributed by atoms with Crippen molar-refractivity contribution in [3.05, 3.63) is 68.0 Å². The van der Waals surface area contributed by atoms with Crippen LogP contribution in [0.15, 0.2) is 36.4 Å². The summed E-state index contributed by atoms with van der Waals surface area (Å²) in [6, 6.07) is 7.13. The van der Waals surface area contributed by atoms with Crippen molar-refractivity contribution in [2.45, 2.75) is 0 Å². The standard InChI is InChI=1S/C15H14FN5O5/c16-9-7-12(14(17)13(8-9)21(25)26)15(22)19-6-5-18-10-1-3-11(4-2-10)20(23)24/h1-4,7-8,18H,5-6,17H2,(H,19,22). The van der Waals surface area contributed by atoms with Gasteiger partial charge in [-0.2, -0.15) is 0 Å². The number of nitro groups is 2. The van der Waals surface area contributed by atoms with Crippen LogP contribution in [0.5, 0.6) is 0 Å². The second kappa shape index (κ2) is 7.88. The first kappa shape index (κ1) is 18.6. The molecule has 2 aromatic rings. The maximum atomic E-state index is 13.4. The number of benzene rings is 2. The Labute approximate surface area is 146 Å². The maximum Gasteiger partial charge on any atom is 0.295 e. The topological polar surface area (TPSA) is 153 Å². The summed E-state index contributed by atoms with van der Waals surface area (Å²) in [6.45, 7) is 0.375. The van der Waals surface area contributed by atoms with Crippen LogP contribution < -0.4 is 16.4 Å². The molecule has 136 valence electrons. The smallest absolute Gasteiger partial charge is 0.295 e. The molecule has 10 nitrogen and oxygen atoms in total. The summed E-state index contributed by atoms with van der Waals surface area (Å²) in [6.07, 6.45) is 0. The predicted molar refractivity (Wildman–Crippen MR) is 91.4 cm³/mol. The SMILES string of the molecule is Nc1c(C(=O)NCCNc2ccc([N+](=O)[O-])cc2)cc(F)cc1[N+](=O)[O-]. The number of hydrogen-bond acceptors (Lipinski definition) is 7. The predicted octanol–water partition coefficient (Wildman–Crippen LogP) is 2.07. The first-order chi connectivity index (χ1) is 12.3. The molecule has 0 aliphatic rings. The minimum absolute atomic E-state index is 0.0490. The maximum absolute atomic E-state index is 13.4. The molecule has 2 rings (SSSR count). The minimum Gasteiger partial charge on any atom is -0.393 e. The van der Waals surface area contributed by atoms with Gasteiger partial charge in [-0.25, -0.2) is 4.39 Å². The van der Waals surface area contributed by atoms with Crippen LogP contribution in [-0.2, 0) is 0 Å². The Balaban J connectivity index is 1.93. The third kappa shape index (κ3) is 4.41. The van der Waals surface area contributed by atoms with Crippen molar-refractivity contribution in [3.8, 4) is 0 Å². The van der Waals surface area contributed by atoms with E-state index >= 15 is 0 Å². The second-order valence-electron chi connectivity index (χ2n) is 5.13. The van der Waals surface area contributed by atoms with Crippen LogP contribution in [0.25, 0.3) is 0 Å². The van der Waals surface area contributed by atoms with E-state index in [1.807, 2.05) is 0 Å². The molecule has 0 unspecified atom stereocenters. The molecule has 0 aliphatic carbocycles. The number of hydrogen-bond donors (Lipinski definition) is 3. The van der Waals surface area contributed by atoms with E-state index < -0.39 is 32.9 Å². The van der Waals surface area contributed by atoms with E-state index in [9.17, 15) is 29.4 Å². The largest absolute Gasteiger partial charge is 0.393 e. The molecule has 4 N–H and O–H groups in total. The van der Waals surface area contributed by atoms with Gasteiger partial charge < -0.3 is 16.4 Å². The number of carbonyl (C=O) groups excluding carboxylic acids is 1. The van der Waals surface area contributed by atoms with E-state index in [0.717, 1.165) is 6.07 Å². The summed E-state index contributed by atoms with van der Waals surface area (Å²) in [5, 5.41) is 26.7. The monoisotopic (exact) mass is 363 g/mol. The highest BCUT2D eigenvalue weighted by Gasteiger charge is 2.21. The average molecular weight is 363 g/mol. The number of nitro benzene ring substituents is 2. The first-order valence-electron chi connectivity index (χ1n) is 7.29. The van der Waals surface area contributed by atoms with Crippen LogP contribution >= 0.6 is 0 Å². The molecule has 0 heterocycles. The van der Waals surface area contributed by atoms with Crippen molar-refractivity contribution in [1.82, 2.24) is 5.32 Å². The number of nitrogens with one attached hydrogen (secondary N) is 2. The summed E-state index contributed by atoms with van der Waals surface area (Å²) in [4.78, 5) is 32.0. The molecule has 11 heteroatoms. The van der Waals surface area contributed by atoms with Gasteiger partial charge in [0, 0.05) is 30.9 Å². The molecule has 0 atom stereocenters. The van der Waals surface area contributed by atoms with Gasteiger partial charge in [0.1, 0.15) is 11.5 Å². The van der Waals surface area contributed by atoms with Gasteiger partial charge in [0.2, 0.25) is 0 Å². The fourth-order valence-corrected chi connectivity index (χ4v) is 2.12. The van der Waals surface area contributed by atoms with E-state index in [2.05, 4.69) is 10.6 Å². The lowest BCUT2D eigenvalue weighted by molar-refractivity contribution is -0.384. The summed E-state index contributed by atoms with van der Waals surface area (Å²) >= 11 is 0. The highest BCUT2D eigenvalue weighted by atomic mass is 19.1. The Kier molecular flexibility index (Phi) is 5.63. The van der Waals surface area contributed by atoms with Gasteiger partial charge in [-0.1, -0.05) is 0 Å². The van der Waals surface area contributed by atoms with E-state index in [-0.39, 0.29) is 24.3 Å². The van der Waals surface area contributed by atoms with E-state index in [4.69, 9.17) is 5.73 Å². The Hall–Kier alpha value is -3.76. The lowest BCUT2D eigenvalue weighted by Gasteiger charge is -2.09. The summed E-state index contributed by atoms with van der Waals surface area (Å²) in [7, 11) is 0. The van der Waals surface area contributed by atoms with Crippen molar-refractivity contribution < 1.29 is 19.0 Å². The van der Waals surface area contributed by atoms with Gasteiger partial charge in [-0.05, 0) is 18.2 Å². The Morgan fingerprint density at radius 1 is 1.08 bits per heavy atom. The number of amides is 1. The zero-order chi connectivity index (χ0) is 19.3. The van der Waals surface area contributed by atoms with Crippen LogP contribution in [-0.4, -0.2) is 28.8 Å². The summed E-state index contributed by atoms with van der Waals surface area (Å²) in [5.74, 6) is -1.70. The Morgan fingerprint density at radius 3 is 2.31 bits per heavy atom. The molecule has 26 heavy (non-hydrogen) atoms. The van der Waals surface area contributed by atoms with Crippen LogP contribution in [0.3, 0.4) is 0 Å². The highest BCUT2D eigenvalue weighted by molar-refractivity contribution is 6.01. The van der Waals surface area contributed by atoms with Crippen molar-refractivity contribution in [3.63, 3.8) is 0 Å². The van der Waals surface area contributed by atoms with Crippen LogP contribution in [0.1, 0.15) is 10.4 Å². The van der Waals surface area contributed by atoms with Crippen molar-refractivity contribution in [1.29, 1.82) is 0 Å². The van der Waals surface area contributed by atoms with Crippen molar-refractivity contribution >= 4 is 28.7 Å². The van der Waals surface area contributed by atoms with Gasteiger partial charge in [0.25, 0.3) is 17.3 Å². The van der Waals surface area contributed by atoms with Crippen molar-refractivity contribution in [2.75, 3.05) is 24.1 Å². The molecular weight excluding hydrogens is 349 g/mol. The number of carbonyl (C=O) groups is 1. The zero-order valence-corrected chi connectivity index (χ0v) is 13.3. The molecule has 0 aliphatic heterocycles. The molecule has 0 saturated carbocycles. The number of halogens is 1. The third-order valence-corrected chi connectivity index (χ3v) is 3.38. The number of nitrogens with zero attached hydrogens (tertiary/aromatic N) is 2. The summed E-state index contributed by atoms with van der Waals surface area (Å²) < 4.78 is 13.4. The minimum atomic E-state index is -0.944. The number of nitrogens with two attached hydrogens (primary N) is 1. The molecule has 0 spiro atoms. The van der Waals surface area contributed by atoms with Crippen LogP contribution in [0, 0.1) is 26.0 Å². The van der Waals surface area contributed by atoms with Crippen LogP contribution in [0.4, 0.5) is 27.1 Å². The second-order valence-corrected chi connectivity index (χ2v) is 5.13. The lowest BCUT2D eigenvalue weighted by Crippen LogP contribution is -2.29. The molecule has 0 aromatic heterocycles. The Bertz CT molecular complexity index is 856. The van der Waals surface area contributed by atoms with Gasteiger partial charge in [0.15, 0.2) is 0 Å². The van der Waals surface area contributed by atoms with E-state index in [0.29, 0.717) is 11.8 Å². The third-order valence-electron chi connectivity index (χ3n) is 3.38. The molecular formula is C15H14FN5O5. The summed E-state index contributed by atoms with van der Waals surface area (Å²) in [5.41, 5.74) is 4.67. The number of anilines is 2. The molecule has 0 radical (unpaired) electrons. The molecule has 0 saturated heterocycles. The number of nitrogen functional groups attached to an aromatic ring is 1. The van der Waals surface area contributed by atoms with Gasteiger partial charge in [-0.3, -0.25) is 25.0 Å². The van der Waals surface area contributed by atoms with E-state index in [1.165, 1.54) is 24.3 Å². The van der Waals surface area contributed by atoms with E-state index in [1.54, 1.807) is 0 Å². The fraction of sp³-hybridized carbons (Fsp3) is 0.133. The number of rotatable bonds is 7. The molecule has 0 bridgehead atoms. The molecule has 2 aromatic carbocycles. The first-order valence-corrected chi connectivity index (χ1v) is 7.29.